The van der Waals surface area contributed by atoms with Gasteiger partial charge in [0.05, 0.1) is 16.3 Å². The molecule has 2 N–H and O–H groups in total. The number of nitrogens with zero attached hydrogens (tertiary/aromatic N) is 4. The fourth-order valence-corrected chi connectivity index (χ4v) is 4.61. The molecule has 0 spiro atoms. The third-order valence-corrected chi connectivity index (χ3v) is 6.37. The summed E-state index contributed by atoms with van der Waals surface area (Å²) in [7, 11) is 1.62. The van der Waals surface area contributed by atoms with Crippen molar-refractivity contribution < 1.29 is 23.1 Å². The SMILES string of the molecule is C[n+]1cc(/N=C(/[O-])c2sc3nc(-c4ccc(Cl)cc4)cc(-c4ccc(F)cc4F)c3c2N)on1. The number of fused-ring (bicyclic) bond motifs is 1. The number of halogens is 3. The molecule has 34 heavy (non-hydrogen) atoms. The molecule has 11 heteroatoms. The summed E-state index contributed by atoms with van der Waals surface area (Å²) in [6.45, 7) is 0. The molecule has 0 aliphatic rings. The lowest BCUT2D eigenvalue weighted by molar-refractivity contribution is -0.739. The minimum atomic E-state index is -0.771. The minimum absolute atomic E-state index is 0.00368. The van der Waals surface area contributed by atoms with Gasteiger partial charge >= 0.3 is 5.88 Å². The van der Waals surface area contributed by atoms with Crippen LogP contribution in [0.2, 0.25) is 5.02 Å². The van der Waals surface area contributed by atoms with Crippen molar-refractivity contribution in [1.82, 2.24) is 10.3 Å². The van der Waals surface area contributed by atoms with Gasteiger partial charge in [0.1, 0.15) is 16.5 Å². The predicted octanol–water partition coefficient (Wildman–Crippen LogP) is 4.40. The summed E-state index contributed by atoms with van der Waals surface area (Å²) in [6.07, 6.45) is 1.43. The predicted molar refractivity (Wildman–Crippen MR) is 124 cm³/mol. The zero-order valence-electron chi connectivity index (χ0n) is 17.4. The van der Waals surface area contributed by atoms with Gasteiger partial charge in [-0.1, -0.05) is 28.4 Å². The Bertz CT molecular complexity index is 1580. The van der Waals surface area contributed by atoms with Crippen LogP contribution in [0.3, 0.4) is 0 Å². The van der Waals surface area contributed by atoms with Crippen LogP contribution in [0.5, 0.6) is 0 Å². The Morgan fingerprint density at radius 2 is 1.91 bits per heavy atom. The molecule has 0 unspecified atom stereocenters. The summed E-state index contributed by atoms with van der Waals surface area (Å²) >= 11 is 7.02. The van der Waals surface area contributed by atoms with E-state index in [-0.39, 0.29) is 22.0 Å². The van der Waals surface area contributed by atoms with E-state index in [0.717, 1.165) is 23.5 Å². The summed E-state index contributed by atoms with van der Waals surface area (Å²) in [4.78, 5) is 9.06. The normalized spacial score (nSPS) is 11.9. The van der Waals surface area contributed by atoms with E-state index < -0.39 is 17.5 Å². The van der Waals surface area contributed by atoms with Crippen LogP contribution in [-0.2, 0) is 7.05 Å². The van der Waals surface area contributed by atoms with Gasteiger partial charge in [0.2, 0.25) is 0 Å². The maximum absolute atomic E-state index is 14.8. The summed E-state index contributed by atoms with van der Waals surface area (Å²) in [5, 5.41) is 17.4. The highest BCUT2D eigenvalue weighted by Crippen LogP contribution is 2.42. The first-order valence-corrected chi connectivity index (χ1v) is 11.0. The minimum Gasteiger partial charge on any atom is -0.857 e. The lowest BCUT2D eigenvalue weighted by Crippen LogP contribution is -2.27. The van der Waals surface area contributed by atoms with Crippen molar-refractivity contribution in [2.45, 2.75) is 0 Å². The van der Waals surface area contributed by atoms with Crippen molar-refractivity contribution in [2.24, 2.45) is 12.0 Å². The van der Waals surface area contributed by atoms with Crippen molar-refractivity contribution in [3.63, 3.8) is 0 Å². The number of anilines is 1. The Morgan fingerprint density at radius 1 is 1.15 bits per heavy atom. The Morgan fingerprint density at radius 3 is 2.59 bits per heavy atom. The van der Waals surface area contributed by atoms with E-state index in [2.05, 4.69) is 15.2 Å². The highest BCUT2D eigenvalue weighted by atomic mass is 35.5. The number of nitrogen functional groups attached to an aromatic ring is 1. The van der Waals surface area contributed by atoms with Crippen molar-refractivity contribution in [2.75, 3.05) is 5.73 Å². The zero-order chi connectivity index (χ0) is 24.0. The van der Waals surface area contributed by atoms with Crippen molar-refractivity contribution >= 4 is 50.6 Å². The second kappa shape index (κ2) is 8.47. The summed E-state index contributed by atoms with van der Waals surface area (Å²) in [6, 6.07) is 11.9. The molecule has 0 saturated heterocycles. The van der Waals surface area contributed by atoms with Crippen LogP contribution in [-0.4, -0.2) is 16.2 Å². The zero-order valence-corrected chi connectivity index (χ0v) is 19.0. The fourth-order valence-electron chi connectivity index (χ4n) is 3.48. The lowest BCUT2D eigenvalue weighted by atomic mass is 9.99. The van der Waals surface area contributed by atoms with E-state index in [0.29, 0.717) is 32.1 Å². The number of hydrogen-bond donors (Lipinski definition) is 1. The van der Waals surface area contributed by atoms with Gasteiger partial charge in [-0.3, -0.25) is 4.52 Å². The third-order valence-electron chi connectivity index (χ3n) is 5.03. The van der Waals surface area contributed by atoms with Gasteiger partial charge in [0.15, 0.2) is 12.3 Å². The van der Waals surface area contributed by atoms with E-state index in [1.165, 1.54) is 16.9 Å². The van der Waals surface area contributed by atoms with Gasteiger partial charge in [-0.05, 0) is 35.9 Å². The molecule has 170 valence electrons. The van der Waals surface area contributed by atoms with Crippen molar-refractivity contribution in [3.05, 3.63) is 76.3 Å². The monoisotopic (exact) mass is 497 g/mol. The van der Waals surface area contributed by atoms with Crippen LogP contribution in [0.4, 0.5) is 20.4 Å². The Balaban J connectivity index is 1.76. The molecular weight excluding hydrogens is 484 g/mol. The first-order valence-electron chi connectivity index (χ1n) is 9.83. The van der Waals surface area contributed by atoms with Crippen molar-refractivity contribution in [1.29, 1.82) is 0 Å². The maximum atomic E-state index is 14.8. The molecule has 3 aromatic heterocycles. The largest absolute Gasteiger partial charge is 0.857 e. The average molecular weight is 498 g/mol. The van der Waals surface area contributed by atoms with E-state index in [9.17, 15) is 13.9 Å². The molecule has 5 aromatic rings. The number of aromatic nitrogens is 3. The lowest BCUT2D eigenvalue weighted by Gasteiger charge is -2.11. The van der Waals surface area contributed by atoms with Gasteiger partial charge in [0.25, 0.3) is 6.20 Å². The molecule has 0 atom stereocenters. The Labute approximate surface area is 200 Å². The van der Waals surface area contributed by atoms with Gasteiger partial charge in [-0.2, -0.15) is 0 Å². The Kier molecular flexibility index (Phi) is 5.46. The molecule has 5 rings (SSSR count). The van der Waals surface area contributed by atoms with Crippen LogP contribution >= 0.6 is 22.9 Å². The number of aryl methyl sites for hydroxylation is 1. The number of pyridine rings is 1. The molecule has 0 bridgehead atoms. The number of nitrogens with two attached hydrogens (primary N) is 1. The Hall–Kier alpha value is -3.89. The first-order chi connectivity index (χ1) is 16.3. The van der Waals surface area contributed by atoms with E-state index in [1.54, 1.807) is 37.4 Å². The van der Waals surface area contributed by atoms with Gasteiger partial charge < -0.3 is 10.8 Å². The highest BCUT2D eigenvalue weighted by Gasteiger charge is 2.20. The molecule has 0 radical (unpaired) electrons. The number of benzene rings is 2. The van der Waals surface area contributed by atoms with E-state index in [4.69, 9.17) is 21.9 Å². The third kappa shape index (κ3) is 3.97. The van der Waals surface area contributed by atoms with Gasteiger partial charge in [-0.25, -0.2) is 18.8 Å². The number of hydrogen-bond acceptors (Lipinski definition) is 7. The van der Waals surface area contributed by atoms with Gasteiger partial charge in [-0.15, -0.1) is 11.3 Å². The average Bonchev–Trinajstić information content (AvgIpc) is 3.36. The van der Waals surface area contributed by atoms with Crippen molar-refractivity contribution in [3.8, 4) is 22.4 Å². The molecule has 0 saturated carbocycles. The van der Waals surface area contributed by atoms with Crippen LogP contribution in [0.15, 0.2) is 64.2 Å². The number of aliphatic imine (C=N–C) groups is 1. The fraction of sp³-hybridized carbons (Fsp3) is 0.0435. The highest BCUT2D eigenvalue weighted by molar-refractivity contribution is 7.21. The molecule has 2 aromatic carbocycles. The van der Waals surface area contributed by atoms with E-state index in [1.807, 2.05) is 0 Å². The topological polar surface area (TPSA) is 104 Å². The first kappa shape index (κ1) is 21.9. The molecule has 0 amide bonds. The second-order valence-corrected chi connectivity index (χ2v) is 8.78. The standard InChI is InChI=1S/C23H14ClF2N5O2S/c1-31-10-18(33-30-31)29-22(32)21-20(27)19-15(14-7-6-13(25)8-16(14)26)9-17(28-23(19)34-21)11-2-4-12(24)5-3-11/h2-10H,1H3,(H2-,27,29,30,32). The second-order valence-electron chi connectivity index (χ2n) is 7.34. The number of rotatable bonds is 4. The molecule has 3 heterocycles. The van der Waals surface area contributed by atoms with Crippen LogP contribution in [0.1, 0.15) is 4.88 Å². The molecule has 0 fully saturated rings. The molecule has 7 nitrogen and oxygen atoms in total. The van der Waals surface area contributed by atoms with E-state index >= 15 is 0 Å². The summed E-state index contributed by atoms with van der Waals surface area (Å²) in [5.74, 6) is -2.13. The quantitative estimate of drug-likeness (QED) is 0.225. The molecule has 0 aliphatic heterocycles. The summed E-state index contributed by atoms with van der Waals surface area (Å²) < 4.78 is 34.7. The molecular formula is C23H14ClF2N5O2S. The summed E-state index contributed by atoms with van der Waals surface area (Å²) in [5.41, 5.74) is 8.14. The van der Waals surface area contributed by atoms with Crippen LogP contribution in [0, 0.1) is 11.6 Å². The smallest absolute Gasteiger partial charge is 0.320 e. The van der Waals surface area contributed by atoms with Crippen LogP contribution in [0.25, 0.3) is 32.6 Å². The van der Waals surface area contributed by atoms with Gasteiger partial charge in [0, 0.05) is 33.5 Å². The molecule has 0 aliphatic carbocycles. The maximum Gasteiger partial charge on any atom is 0.320 e. The van der Waals surface area contributed by atoms with Crippen LogP contribution < -0.4 is 15.5 Å². The number of thiophene rings is 1.